The molecule has 5 N–H and O–H groups in total. The second-order valence-corrected chi connectivity index (χ2v) is 16.6. The number of Topliss-reactive ketones (excluding diaryl/α,β-unsaturated/α-hetero) is 1. The average Bonchev–Trinajstić information content (AvgIpc) is 2.94. The topological polar surface area (TPSA) is 268 Å². The Morgan fingerprint density at radius 3 is 1.84 bits per heavy atom. The van der Waals surface area contributed by atoms with Crippen LogP contribution < -0.4 is 5.32 Å². The lowest BCUT2D eigenvalue weighted by atomic mass is 10.2. The van der Waals surface area contributed by atoms with Gasteiger partial charge in [0.1, 0.15) is 24.7 Å². The fourth-order valence-corrected chi connectivity index (χ4v) is 6.92. The predicted molar refractivity (Wildman–Crippen MR) is 184 cm³/mol. The summed E-state index contributed by atoms with van der Waals surface area (Å²) in [7, 11) is -13.6. The Balaban J connectivity index is -0.00000161. The molecule has 4 unspecified atom stereocenters. The average molecular weight is 778 g/mol. The molecule has 0 aliphatic heterocycles. The lowest BCUT2D eigenvalue weighted by Gasteiger charge is -2.32. The highest BCUT2D eigenvalue weighted by Gasteiger charge is 2.53. The van der Waals surface area contributed by atoms with Crippen LogP contribution >= 0.6 is 22.8 Å². The van der Waals surface area contributed by atoms with Crippen LogP contribution in [-0.2, 0) is 60.9 Å². The second kappa shape index (κ2) is 28.1. The summed E-state index contributed by atoms with van der Waals surface area (Å²) in [5, 5.41) is 2.46. The zero-order valence-electron chi connectivity index (χ0n) is 25.9. The molecule has 0 saturated heterocycles. The van der Waals surface area contributed by atoms with Crippen LogP contribution in [0.25, 0.3) is 0 Å². The molecule has 0 aromatic rings. The Kier molecular flexibility index (Phi) is 32.6. The van der Waals surface area contributed by atoms with Gasteiger partial charge in [0.05, 0.1) is 26.4 Å². The van der Waals surface area contributed by atoms with Crippen molar-refractivity contribution in [2.24, 2.45) is 0 Å². The number of ether oxygens (including phenoxy) is 4. The molecule has 0 rings (SSSR count). The molecule has 0 radical (unpaired) electrons. The number of carbonyl (C=O) groups is 4. The largest absolute Gasteiger partial charge is 0.472 e. The zero-order chi connectivity index (χ0) is 34.7. The van der Waals surface area contributed by atoms with Gasteiger partial charge in [-0.3, -0.25) is 37.4 Å². The fraction of sp³-hybridized carbons (Fsp3) is 0.857. The molecule has 0 spiro atoms. The summed E-state index contributed by atoms with van der Waals surface area (Å²) in [4.78, 5) is 83.0. The molecule has 18 nitrogen and oxygen atoms in total. The van der Waals surface area contributed by atoms with Crippen molar-refractivity contribution in [3.63, 3.8) is 0 Å². The lowest BCUT2D eigenvalue weighted by Crippen LogP contribution is -2.31. The summed E-state index contributed by atoms with van der Waals surface area (Å²) >= 11 is 0. The first-order chi connectivity index (χ1) is 20.8. The molecule has 21 heteroatoms. The molecule has 4 atom stereocenters. The fourth-order valence-electron chi connectivity index (χ4n) is 3.17. The number of amides is 1. The highest BCUT2D eigenvalue weighted by Crippen LogP contribution is 2.70. The van der Waals surface area contributed by atoms with Gasteiger partial charge < -0.3 is 43.8 Å². The van der Waals surface area contributed by atoms with E-state index < -0.39 is 58.2 Å². The summed E-state index contributed by atoms with van der Waals surface area (Å²) < 4.78 is 65.5. The van der Waals surface area contributed by atoms with Crippen LogP contribution in [0.2, 0.25) is 0 Å². The predicted octanol–water partition coefficient (Wildman–Crippen LogP) is 4.01. The Morgan fingerprint density at radius 1 is 0.776 bits per heavy atom. The standard InChI is InChI=1S/C24H46NO17P3.4CH4/c1-5-22(28)39-16-20(42-23(29)6-2)17-41-45(35,36)40-12-7-9-19(26)15-37-13-14-38-18-21(27)25-11-8-10-24(3,43(4,30)31)44(32,33)34;;;;/h20H,5-18H2,1-4H3,(H,25,27)(H,30,31)(H,35,36)(H2,32,33,34);4*1H4. The van der Waals surface area contributed by atoms with Gasteiger partial charge in [0.25, 0.3) is 0 Å². The lowest BCUT2D eigenvalue weighted by molar-refractivity contribution is -0.160. The van der Waals surface area contributed by atoms with Crippen LogP contribution in [0.4, 0.5) is 0 Å². The number of hydrogen-bond acceptors (Lipinski definition) is 13. The van der Waals surface area contributed by atoms with Gasteiger partial charge in [-0.15, -0.1) is 0 Å². The first-order valence-corrected chi connectivity index (χ1v) is 19.3. The Hall–Kier alpha value is -1.55. The molecule has 0 saturated carbocycles. The maximum absolute atomic E-state index is 12.1. The number of phosphoric ester groups is 1. The van der Waals surface area contributed by atoms with Crippen molar-refractivity contribution < 1.29 is 80.4 Å². The van der Waals surface area contributed by atoms with E-state index in [1.165, 1.54) is 6.92 Å². The Morgan fingerprint density at radius 2 is 1.33 bits per heavy atom. The molecular weight excluding hydrogens is 715 g/mol. The summed E-state index contributed by atoms with van der Waals surface area (Å²) in [5.74, 6) is -2.05. The van der Waals surface area contributed by atoms with Crippen LogP contribution in [0, 0.1) is 0 Å². The van der Waals surface area contributed by atoms with Gasteiger partial charge in [-0.2, -0.15) is 0 Å². The summed E-state index contributed by atoms with van der Waals surface area (Å²) in [6.07, 6.45) is -1.23. The van der Waals surface area contributed by atoms with Crippen molar-refractivity contribution in [1.29, 1.82) is 0 Å². The highest BCUT2D eigenvalue weighted by molar-refractivity contribution is 7.75. The molecule has 296 valence electrons. The van der Waals surface area contributed by atoms with Gasteiger partial charge in [0.2, 0.25) is 13.3 Å². The number of carbonyl (C=O) groups excluding carboxylic acids is 4. The quantitative estimate of drug-likeness (QED) is 0.0472. The first kappa shape index (κ1) is 56.8. The van der Waals surface area contributed by atoms with Crippen molar-refractivity contribution in [3.05, 3.63) is 0 Å². The maximum atomic E-state index is 12.1. The van der Waals surface area contributed by atoms with Gasteiger partial charge in [0, 0.05) is 32.5 Å². The molecule has 1 amide bonds. The molecule has 0 aliphatic rings. The summed E-state index contributed by atoms with van der Waals surface area (Å²) in [6, 6.07) is 0. The summed E-state index contributed by atoms with van der Waals surface area (Å²) in [5.41, 5.74) is 0. The van der Waals surface area contributed by atoms with Crippen LogP contribution in [-0.4, -0.2) is 114 Å². The Labute approximate surface area is 291 Å². The minimum absolute atomic E-state index is 0. The molecule has 0 aromatic carbocycles. The number of hydrogen-bond donors (Lipinski definition) is 5. The van der Waals surface area contributed by atoms with Crippen LogP contribution in [0.3, 0.4) is 0 Å². The Bertz CT molecular complexity index is 1070. The van der Waals surface area contributed by atoms with E-state index in [0.717, 1.165) is 13.6 Å². The maximum Gasteiger partial charge on any atom is 0.472 e. The summed E-state index contributed by atoms with van der Waals surface area (Å²) in [6.45, 7) is 3.08. The van der Waals surface area contributed by atoms with Crippen molar-refractivity contribution in [1.82, 2.24) is 5.32 Å². The van der Waals surface area contributed by atoms with E-state index in [1.807, 2.05) is 0 Å². The molecule has 0 bridgehead atoms. The second-order valence-electron chi connectivity index (χ2n) is 9.94. The third-order valence-electron chi connectivity index (χ3n) is 6.12. The van der Waals surface area contributed by atoms with E-state index in [4.69, 9.17) is 28.0 Å². The smallest absolute Gasteiger partial charge is 0.462 e. The number of nitrogens with one attached hydrogen (secondary N) is 1. The third-order valence-corrected chi connectivity index (χ3v) is 12.5. The minimum atomic E-state index is -4.88. The molecular formula is C28H62NO17P3. The van der Waals surface area contributed by atoms with Gasteiger partial charge in [-0.05, 0) is 26.2 Å². The molecule has 0 heterocycles. The van der Waals surface area contributed by atoms with Crippen molar-refractivity contribution in [3.8, 4) is 0 Å². The van der Waals surface area contributed by atoms with Crippen LogP contribution in [0.15, 0.2) is 0 Å². The van der Waals surface area contributed by atoms with E-state index in [1.54, 1.807) is 6.92 Å². The number of esters is 2. The molecule has 49 heavy (non-hydrogen) atoms. The molecule has 0 fully saturated rings. The first-order valence-electron chi connectivity index (χ1n) is 14.0. The van der Waals surface area contributed by atoms with Crippen LogP contribution in [0.5, 0.6) is 0 Å². The van der Waals surface area contributed by atoms with E-state index in [2.05, 4.69) is 5.32 Å². The van der Waals surface area contributed by atoms with Crippen molar-refractivity contribution in [2.45, 2.75) is 100 Å². The normalized spacial score (nSPS) is 15.1. The minimum Gasteiger partial charge on any atom is -0.462 e. The number of phosphoric acid groups is 1. The van der Waals surface area contributed by atoms with Gasteiger partial charge in [-0.1, -0.05) is 43.6 Å². The van der Waals surface area contributed by atoms with Crippen LogP contribution in [0.1, 0.15) is 89.0 Å². The number of rotatable bonds is 26. The van der Waals surface area contributed by atoms with E-state index in [0.29, 0.717) is 0 Å². The SMILES string of the molecule is C.C.C.C.CCC(=O)OCC(COP(=O)(O)OCCCC(=O)COCCOCC(=O)NCCCC(C)(P(C)(=O)O)P(=O)(O)O)OC(=O)CC. The number of ketones is 1. The monoisotopic (exact) mass is 777 g/mol. The van der Waals surface area contributed by atoms with Gasteiger partial charge >= 0.3 is 27.4 Å². The van der Waals surface area contributed by atoms with Crippen molar-refractivity contribution in [2.75, 3.05) is 59.5 Å². The van der Waals surface area contributed by atoms with Gasteiger partial charge in [-0.25, -0.2) is 4.57 Å². The molecule has 0 aromatic heterocycles. The molecule has 0 aliphatic carbocycles. The van der Waals surface area contributed by atoms with E-state index in [9.17, 15) is 52.4 Å². The highest BCUT2D eigenvalue weighted by atomic mass is 31.2. The zero-order valence-corrected chi connectivity index (χ0v) is 28.6. The van der Waals surface area contributed by atoms with E-state index >= 15 is 0 Å². The van der Waals surface area contributed by atoms with Gasteiger partial charge in [0.15, 0.2) is 11.9 Å². The van der Waals surface area contributed by atoms with Crippen molar-refractivity contribution >= 4 is 46.4 Å². The van der Waals surface area contributed by atoms with E-state index in [-0.39, 0.29) is 120 Å². The third kappa shape index (κ3) is 25.1.